The SMILES string of the molecule is C=CC1CCC(C2CCC(CCC)CC2)CC1.[HH]. The van der Waals surface area contributed by atoms with Crippen molar-refractivity contribution in [1.82, 2.24) is 0 Å². The molecule has 0 unspecified atom stereocenters. The van der Waals surface area contributed by atoms with Gasteiger partial charge in [0.1, 0.15) is 0 Å². The van der Waals surface area contributed by atoms with Gasteiger partial charge < -0.3 is 0 Å². The Hall–Kier alpha value is -0.260. The first-order chi connectivity index (χ1) is 8.33. The Labute approximate surface area is 109 Å². The van der Waals surface area contributed by atoms with E-state index in [0.29, 0.717) is 0 Å². The van der Waals surface area contributed by atoms with Gasteiger partial charge in [-0.3, -0.25) is 0 Å². The van der Waals surface area contributed by atoms with Crippen molar-refractivity contribution in [2.75, 3.05) is 0 Å². The lowest BCUT2D eigenvalue weighted by molar-refractivity contribution is 0.152. The summed E-state index contributed by atoms with van der Waals surface area (Å²) >= 11 is 0. The van der Waals surface area contributed by atoms with E-state index in [2.05, 4.69) is 19.6 Å². The molecule has 0 radical (unpaired) electrons. The summed E-state index contributed by atoms with van der Waals surface area (Å²) in [5, 5.41) is 0. The molecule has 0 atom stereocenters. The van der Waals surface area contributed by atoms with E-state index in [9.17, 15) is 0 Å². The van der Waals surface area contributed by atoms with Crippen LogP contribution in [0.25, 0.3) is 0 Å². The highest BCUT2D eigenvalue weighted by Crippen LogP contribution is 2.42. The smallest absolute Gasteiger partial charge is 0 e. The fourth-order valence-electron chi connectivity index (χ4n) is 4.21. The van der Waals surface area contributed by atoms with Crippen LogP contribution in [0.3, 0.4) is 0 Å². The van der Waals surface area contributed by atoms with Crippen molar-refractivity contribution in [3.63, 3.8) is 0 Å². The quantitative estimate of drug-likeness (QED) is 0.539. The zero-order valence-electron chi connectivity index (χ0n) is 11.7. The van der Waals surface area contributed by atoms with Crippen LogP contribution in [0.2, 0.25) is 0 Å². The van der Waals surface area contributed by atoms with Crippen LogP contribution >= 0.6 is 0 Å². The van der Waals surface area contributed by atoms with Gasteiger partial charge in [-0.1, -0.05) is 38.7 Å². The number of allylic oxidation sites excluding steroid dienone is 1. The molecule has 0 heterocycles. The number of hydrogen-bond donors (Lipinski definition) is 0. The van der Waals surface area contributed by atoms with Gasteiger partial charge in [0.2, 0.25) is 0 Å². The average molecular weight is 236 g/mol. The molecular weight excluding hydrogens is 204 g/mol. The Balaban J connectivity index is 0.00000162. The monoisotopic (exact) mass is 236 g/mol. The molecule has 0 aromatic heterocycles. The summed E-state index contributed by atoms with van der Waals surface area (Å²) in [6.07, 6.45) is 17.0. The first-order valence-corrected chi connectivity index (χ1v) is 7.96. The van der Waals surface area contributed by atoms with E-state index in [1.807, 2.05) is 0 Å². The van der Waals surface area contributed by atoms with Gasteiger partial charge in [0.25, 0.3) is 0 Å². The molecular formula is C17H32. The van der Waals surface area contributed by atoms with Crippen LogP contribution in [0, 0.1) is 23.7 Å². The summed E-state index contributed by atoms with van der Waals surface area (Å²) in [5.41, 5.74) is 0. The fraction of sp³-hybridized carbons (Fsp3) is 0.882. The van der Waals surface area contributed by atoms with E-state index >= 15 is 0 Å². The number of rotatable bonds is 4. The van der Waals surface area contributed by atoms with Gasteiger partial charge in [0.05, 0.1) is 0 Å². The van der Waals surface area contributed by atoms with E-state index in [1.54, 1.807) is 0 Å². The number of hydrogen-bond acceptors (Lipinski definition) is 0. The van der Waals surface area contributed by atoms with Crippen molar-refractivity contribution < 1.29 is 1.43 Å². The van der Waals surface area contributed by atoms with E-state index in [-0.39, 0.29) is 1.43 Å². The maximum atomic E-state index is 3.95. The molecule has 0 aliphatic heterocycles. The Kier molecular flexibility index (Phi) is 5.13. The van der Waals surface area contributed by atoms with Gasteiger partial charge in [-0.05, 0) is 62.2 Å². The van der Waals surface area contributed by atoms with Crippen LogP contribution in [0.1, 0.15) is 72.6 Å². The first kappa shape index (κ1) is 13.2. The zero-order chi connectivity index (χ0) is 12.1. The van der Waals surface area contributed by atoms with E-state index in [4.69, 9.17) is 0 Å². The maximum Gasteiger partial charge on any atom is 0 e. The highest BCUT2D eigenvalue weighted by molar-refractivity contribution is 4.87. The Morgan fingerprint density at radius 2 is 1.47 bits per heavy atom. The third kappa shape index (κ3) is 3.60. The summed E-state index contributed by atoms with van der Waals surface area (Å²) < 4.78 is 0. The molecule has 0 aromatic rings. The molecule has 0 N–H and O–H groups in total. The van der Waals surface area contributed by atoms with Crippen molar-refractivity contribution in [3.05, 3.63) is 12.7 Å². The van der Waals surface area contributed by atoms with Crippen molar-refractivity contribution in [2.24, 2.45) is 23.7 Å². The van der Waals surface area contributed by atoms with Crippen LogP contribution < -0.4 is 0 Å². The predicted octanol–water partition coefficient (Wildman–Crippen LogP) is 5.83. The average Bonchev–Trinajstić information content (AvgIpc) is 2.40. The van der Waals surface area contributed by atoms with Crippen LogP contribution in [0.15, 0.2) is 12.7 Å². The minimum absolute atomic E-state index is 0. The van der Waals surface area contributed by atoms with Gasteiger partial charge in [0.15, 0.2) is 0 Å². The molecule has 2 fully saturated rings. The molecule has 2 aliphatic carbocycles. The van der Waals surface area contributed by atoms with Crippen molar-refractivity contribution in [2.45, 2.75) is 71.1 Å². The minimum atomic E-state index is 0. The standard InChI is InChI=1S/C17H30.H2/c1-3-5-15-8-12-17(13-9-15)16-10-6-14(4-2)7-11-16;/h4,14-17H,2-3,5-13H2,1H3;1H. The van der Waals surface area contributed by atoms with Gasteiger partial charge in [-0.2, -0.15) is 0 Å². The molecule has 100 valence electrons. The van der Waals surface area contributed by atoms with Gasteiger partial charge in [-0.25, -0.2) is 0 Å². The molecule has 2 saturated carbocycles. The van der Waals surface area contributed by atoms with Crippen LogP contribution in [-0.2, 0) is 0 Å². The maximum absolute atomic E-state index is 3.95. The molecule has 2 rings (SSSR count). The van der Waals surface area contributed by atoms with Gasteiger partial charge in [-0.15, -0.1) is 6.58 Å². The summed E-state index contributed by atoms with van der Waals surface area (Å²) in [4.78, 5) is 0. The second-order valence-corrected chi connectivity index (χ2v) is 6.48. The second-order valence-electron chi connectivity index (χ2n) is 6.48. The molecule has 0 nitrogen and oxygen atoms in total. The van der Waals surface area contributed by atoms with E-state index in [1.165, 1.54) is 64.2 Å². The summed E-state index contributed by atoms with van der Waals surface area (Å²) in [5.74, 6) is 4.05. The molecule has 0 bridgehead atoms. The molecule has 0 spiro atoms. The summed E-state index contributed by atoms with van der Waals surface area (Å²) in [7, 11) is 0. The predicted molar refractivity (Wildman–Crippen MR) is 78.1 cm³/mol. The largest absolute Gasteiger partial charge is 0.103 e. The van der Waals surface area contributed by atoms with E-state index in [0.717, 1.165) is 23.7 Å². The second kappa shape index (κ2) is 6.61. The third-order valence-corrected chi connectivity index (χ3v) is 5.40. The topological polar surface area (TPSA) is 0 Å². The Morgan fingerprint density at radius 3 is 1.94 bits per heavy atom. The summed E-state index contributed by atoms with van der Waals surface area (Å²) in [6.45, 7) is 6.29. The van der Waals surface area contributed by atoms with Crippen molar-refractivity contribution >= 4 is 0 Å². The van der Waals surface area contributed by atoms with Gasteiger partial charge >= 0.3 is 0 Å². The molecule has 2 aliphatic rings. The van der Waals surface area contributed by atoms with Crippen molar-refractivity contribution in [1.29, 1.82) is 0 Å². The lowest BCUT2D eigenvalue weighted by Gasteiger charge is -2.37. The highest BCUT2D eigenvalue weighted by atomic mass is 14.3. The Bertz CT molecular complexity index is 220. The van der Waals surface area contributed by atoms with Crippen LogP contribution in [0.4, 0.5) is 0 Å². The fourth-order valence-corrected chi connectivity index (χ4v) is 4.21. The minimum Gasteiger partial charge on any atom is -0.103 e. The zero-order valence-corrected chi connectivity index (χ0v) is 11.7. The molecule has 0 amide bonds. The van der Waals surface area contributed by atoms with Crippen LogP contribution in [-0.4, -0.2) is 0 Å². The lowest BCUT2D eigenvalue weighted by atomic mass is 9.69. The van der Waals surface area contributed by atoms with E-state index < -0.39 is 0 Å². The first-order valence-electron chi connectivity index (χ1n) is 7.96. The van der Waals surface area contributed by atoms with Gasteiger partial charge in [0, 0.05) is 1.43 Å². The lowest BCUT2D eigenvalue weighted by Crippen LogP contribution is -2.25. The molecule has 0 heteroatoms. The molecule has 0 aromatic carbocycles. The van der Waals surface area contributed by atoms with Crippen molar-refractivity contribution in [3.8, 4) is 0 Å². The molecule has 17 heavy (non-hydrogen) atoms. The third-order valence-electron chi connectivity index (χ3n) is 5.40. The highest BCUT2D eigenvalue weighted by Gasteiger charge is 2.29. The Morgan fingerprint density at radius 1 is 0.941 bits per heavy atom. The normalized spacial score (nSPS) is 38.9. The molecule has 0 saturated heterocycles. The van der Waals surface area contributed by atoms with Crippen LogP contribution in [0.5, 0.6) is 0 Å². The summed E-state index contributed by atoms with van der Waals surface area (Å²) in [6, 6.07) is 0.